The standard InChI is InChI=1S/C26H24N2O2S2/c1-2-28-25(30)23-20-10-6-7-11-22(20)32-24(23)27-26(28)31-16-21(29)19-14-12-18(13-15-19)17-8-4-3-5-9-17/h3-5,8-9,12-15H,2,6-7,10-11,16H2,1H3. The minimum atomic E-state index is 0.0390. The number of carbonyl (C=O) groups excluding carboxylic acids is 1. The molecule has 162 valence electrons. The van der Waals surface area contributed by atoms with Crippen molar-refractivity contribution in [1.82, 2.24) is 9.55 Å². The van der Waals surface area contributed by atoms with Crippen molar-refractivity contribution < 1.29 is 4.79 Å². The summed E-state index contributed by atoms with van der Waals surface area (Å²) in [6.07, 6.45) is 4.33. The Morgan fingerprint density at radius 1 is 1.03 bits per heavy atom. The Hall–Kier alpha value is -2.70. The van der Waals surface area contributed by atoms with E-state index in [0.29, 0.717) is 17.3 Å². The minimum Gasteiger partial charge on any atom is -0.293 e. The van der Waals surface area contributed by atoms with E-state index < -0.39 is 0 Å². The van der Waals surface area contributed by atoms with Gasteiger partial charge in [0, 0.05) is 17.0 Å². The van der Waals surface area contributed by atoms with E-state index in [1.165, 1.54) is 28.6 Å². The van der Waals surface area contributed by atoms with Gasteiger partial charge in [0.1, 0.15) is 4.83 Å². The normalized spacial score (nSPS) is 13.3. The molecule has 0 spiro atoms. The van der Waals surface area contributed by atoms with E-state index in [4.69, 9.17) is 4.98 Å². The number of rotatable bonds is 6. The summed E-state index contributed by atoms with van der Waals surface area (Å²) in [4.78, 5) is 33.0. The lowest BCUT2D eigenvalue weighted by molar-refractivity contribution is 0.102. The largest absolute Gasteiger partial charge is 0.293 e. The smallest absolute Gasteiger partial charge is 0.263 e. The lowest BCUT2D eigenvalue weighted by Gasteiger charge is -2.12. The van der Waals surface area contributed by atoms with Crippen molar-refractivity contribution in [1.29, 1.82) is 0 Å². The van der Waals surface area contributed by atoms with Gasteiger partial charge in [-0.2, -0.15) is 0 Å². The first-order valence-corrected chi connectivity index (χ1v) is 12.8. The van der Waals surface area contributed by atoms with Crippen LogP contribution in [0.4, 0.5) is 0 Å². The van der Waals surface area contributed by atoms with E-state index in [2.05, 4.69) is 12.1 Å². The summed E-state index contributed by atoms with van der Waals surface area (Å²) in [5.74, 6) is 0.297. The van der Waals surface area contributed by atoms with Crippen LogP contribution in [0.3, 0.4) is 0 Å². The number of hydrogen-bond donors (Lipinski definition) is 0. The first kappa shape index (κ1) is 21.2. The number of benzene rings is 2. The van der Waals surface area contributed by atoms with Gasteiger partial charge in [0.15, 0.2) is 10.9 Å². The monoisotopic (exact) mass is 460 g/mol. The van der Waals surface area contributed by atoms with E-state index in [1.807, 2.05) is 49.4 Å². The molecule has 0 amide bonds. The van der Waals surface area contributed by atoms with Gasteiger partial charge < -0.3 is 0 Å². The zero-order chi connectivity index (χ0) is 22.1. The number of nitrogens with zero attached hydrogens (tertiary/aromatic N) is 2. The van der Waals surface area contributed by atoms with Crippen LogP contribution in [0, 0.1) is 0 Å². The predicted molar refractivity (Wildman–Crippen MR) is 133 cm³/mol. The van der Waals surface area contributed by atoms with E-state index in [-0.39, 0.29) is 17.1 Å². The first-order chi connectivity index (χ1) is 15.7. The molecule has 5 rings (SSSR count). The molecular formula is C26H24N2O2S2. The maximum Gasteiger partial charge on any atom is 0.263 e. The molecule has 0 bridgehead atoms. The number of thiophene rings is 1. The van der Waals surface area contributed by atoms with Crippen molar-refractivity contribution in [2.75, 3.05) is 5.75 Å². The van der Waals surface area contributed by atoms with Crippen molar-refractivity contribution >= 4 is 39.1 Å². The van der Waals surface area contributed by atoms with Crippen LogP contribution in [0.2, 0.25) is 0 Å². The summed E-state index contributed by atoms with van der Waals surface area (Å²) < 4.78 is 1.72. The second-order valence-electron chi connectivity index (χ2n) is 7.99. The number of Topliss-reactive ketones (excluding diaryl/α,β-unsaturated/α-hetero) is 1. The number of aryl methyl sites for hydroxylation is 2. The van der Waals surface area contributed by atoms with Gasteiger partial charge in [-0.15, -0.1) is 11.3 Å². The molecule has 2 heterocycles. The van der Waals surface area contributed by atoms with Gasteiger partial charge in [-0.05, 0) is 49.3 Å². The van der Waals surface area contributed by atoms with Crippen molar-refractivity contribution in [3.8, 4) is 11.1 Å². The topological polar surface area (TPSA) is 52.0 Å². The molecule has 2 aromatic heterocycles. The molecule has 0 saturated carbocycles. The summed E-state index contributed by atoms with van der Waals surface area (Å²) in [5.41, 5.74) is 4.14. The van der Waals surface area contributed by atoms with Crippen molar-refractivity contribution in [3.63, 3.8) is 0 Å². The highest BCUT2D eigenvalue weighted by molar-refractivity contribution is 7.99. The van der Waals surface area contributed by atoms with Crippen LogP contribution in [0.5, 0.6) is 0 Å². The van der Waals surface area contributed by atoms with E-state index in [0.717, 1.165) is 40.6 Å². The summed E-state index contributed by atoms with van der Waals surface area (Å²) in [7, 11) is 0. The zero-order valence-corrected chi connectivity index (χ0v) is 19.6. The molecular weight excluding hydrogens is 436 g/mol. The highest BCUT2D eigenvalue weighted by Gasteiger charge is 2.22. The maximum absolute atomic E-state index is 13.2. The van der Waals surface area contributed by atoms with Crippen molar-refractivity contribution in [2.45, 2.75) is 44.3 Å². The molecule has 0 unspecified atom stereocenters. The van der Waals surface area contributed by atoms with Crippen LogP contribution in [0.25, 0.3) is 21.3 Å². The Kier molecular flexibility index (Phi) is 5.98. The average Bonchev–Trinajstić information content (AvgIpc) is 3.22. The quantitative estimate of drug-likeness (QED) is 0.201. The molecule has 0 saturated heterocycles. The Morgan fingerprint density at radius 3 is 2.50 bits per heavy atom. The van der Waals surface area contributed by atoms with Crippen LogP contribution in [0.15, 0.2) is 64.5 Å². The zero-order valence-electron chi connectivity index (χ0n) is 18.0. The van der Waals surface area contributed by atoms with E-state index in [9.17, 15) is 9.59 Å². The third-order valence-electron chi connectivity index (χ3n) is 6.00. The number of carbonyl (C=O) groups is 1. The second-order valence-corrected chi connectivity index (χ2v) is 10.0. The van der Waals surface area contributed by atoms with E-state index >= 15 is 0 Å². The Balaban J connectivity index is 1.38. The molecule has 2 aromatic carbocycles. The predicted octanol–water partition coefficient (Wildman–Crippen LogP) is 6.00. The fourth-order valence-electron chi connectivity index (χ4n) is 4.30. The summed E-state index contributed by atoms with van der Waals surface area (Å²) in [6, 6.07) is 17.8. The molecule has 32 heavy (non-hydrogen) atoms. The molecule has 4 aromatic rings. The van der Waals surface area contributed by atoms with Gasteiger partial charge in [-0.3, -0.25) is 14.2 Å². The fraction of sp³-hybridized carbons (Fsp3) is 0.269. The Bertz CT molecular complexity index is 1340. The number of aromatic nitrogens is 2. The molecule has 1 aliphatic carbocycles. The molecule has 1 aliphatic rings. The fourth-order valence-corrected chi connectivity index (χ4v) is 6.56. The summed E-state index contributed by atoms with van der Waals surface area (Å²) in [6.45, 7) is 2.51. The minimum absolute atomic E-state index is 0.0390. The lowest BCUT2D eigenvalue weighted by Crippen LogP contribution is -2.23. The Labute approximate surface area is 195 Å². The molecule has 0 N–H and O–H groups in total. The Morgan fingerprint density at radius 2 is 1.75 bits per heavy atom. The van der Waals surface area contributed by atoms with Gasteiger partial charge >= 0.3 is 0 Å². The number of hydrogen-bond acceptors (Lipinski definition) is 5. The van der Waals surface area contributed by atoms with Gasteiger partial charge in [0.2, 0.25) is 0 Å². The summed E-state index contributed by atoms with van der Waals surface area (Å²) >= 11 is 3.01. The summed E-state index contributed by atoms with van der Waals surface area (Å²) in [5, 5.41) is 1.44. The molecule has 6 heteroatoms. The van der Waals surface area contributed by atoms with Crippen LogP contribution < -0.4 is 5.56 Å². The van der Waals surface area contributed by atoms with Gasteiger partial charge in [-0.1, -0.05) is 66.4 Å². The van der Waals surface area contributed by atoms with Crippen LogP contribution >= 0.6 is 23.1 Å². The molecule has 4 nitrogen and oxygen atoms in total. The molecule has 0 aliphatic heterocycles. The second kappa shape index (κ2) is 9.04. The number of ketones is 1. The molecule has 0 atom stereocenters. The van der Waals surface area contributed by atoms with Gasteiger partial charge in [0.05, 0.1) is 11.1 Å². The first-order valence-electron chi connectivity index (χ1n) is 11.0. The molecule has 0 radical (unpaired) electrons. The lowest BCUT2D eigenvalue weighted by atomic mass is 9.97. The number of fused-ring (bicyclic) bond motifs is 3. The highest BCUT2D eigenvalue weighted by atomic mass is 32.2. The van der Waals surface area contributed by atoms with Crippen LogP contribution in [0.1, 0.15) is 40.6 Å². The SMILES string of the molecule is CCn1c(SCC(=O)c2ccc(-c3ccccc3)cc2)nc2sc3c(c2c1=O)CCCC3. The maximum atomic E-state index is 13.2. The van der Waals surface area contributed by atoms with Crippen molar-refractivity contribution in [3.05, 3.63) is 81.0 Å². The van der Waals surface area contributed by atoms with Crippen LogP contribution in [-0.2, 0) is 19.4 Å². The van der Waals surface area contributed by atoms with Crippen LogP contribution in [-0.4, -0.2) is 21.1 Å². The third kappa shape index (κ3) is 3.93. The van der Waals surface area contributed by atoms with Gasteiger partial charge in [-0.25, -0.2) is 4.98 Å². The van der Waals surface area contributed by atoms with Gasteiger partial charge in [0.25, 0.3) is 5.56 Å². The molecule has 0 fully saturated rings. The van der Waals surface area contributed by atoms with Crippen molar-refractivity contribution in [2.24, 2.45) is 0 Å². The third-order valence-corrected chi connectivity index (χ3v) is 8.16. The van der Waals surface area contributed by atoms with E-state index in [1.54, 1.807) is 15.9 Å². The number of thioether (sulfide) groups is 1. The average molecular weight is 461 g/mol. The highest BCUT2D eigenvalue weighted by Crippen LogP contribution is 2.34.